The van der Waals surface area contributed by atoms with Crippen LogP contribution in [0.3, 0.4) is 0 Å². The van der Waals surface area contributed by atoms with Crippen LogP contribution >= 0.6 is 23.4 Å². The maximum atomic E-state index is 13.4. The molecular formula is C13H9ClF2S. The molecule has 2 aromatic carbocycles. The molecule has 88 valence electrons. The Morgan fingerprint density at radius 3 is 2.29 bits per heavy atom. The summed E-state index contributed by atoms with van der Waals surface area (Å²) >= 11 is 7.18. The summed E-state index contributed by atoms with van der Waals surface area (Å²) in [7, 11) is 0. The SMILES string of the molecule is Fc1cccc(F)c1CSc1cccc(Cl)c1. The highest BCUT2D eigenvalue weighted by Crippen LogP contribution is 2.27. The molecule has 0 aliphatic carbocycles. The van der Waals surface area contributed by atoms with Crippen LogP contribution < -0.4 is 0 Å². The summed E-state index contributed by atoms with van der Waals surface area (Å²) in [4.78, 5) is 0.889. The Balaban J connectivity index is 2.13. The molecule has 0 saturated heterocycles. The molecule has 4 heteroatoms. The Kier molecular flexibility index (Phi) is 4.02. The summed E-state index contributed by atoms with van der Waals surface area (Å²) in [6, 6.07) is 11.1. The third-order valence-corrected chi connectivity index (χ3v) is 3.50. The average Bonchev–Trinajstić information content (AvgIpc) is 2.28. The van der Waals surface area contributed by atoms with Crippen LogP contribution in [0.1, 0.15) is 5.56 Å². The Labute approximate surface area is 108 Å². The third kappa shape index (κ3) is 3.20. The number of rotatable bonds is 3. The fourth-order valence-corrected chi connectivity index (χ4v) is 2.61. The Hall–Kier alpha value is -1.06. The van der Waals surface area contributed by atoms with E-state index < -0.39 is 11.6 Å². The quantitative estimate of drug-likeness (QED) is 0.714. The minimum Gasteiger partial charge on any atom is -0.207 e. The van der Waals surface area contributed by atoms with Crippen molar-refractivity contribution in [1.82, 2.24) is 0 Å². The molecule has 17 heavy (non-hydrogen) atoms. The van der Waals surface area contributed by atoms with Gasteiger partial charge < -0.3 is 0 Å². The van der Waals surface area contributed by atoms with Crippen LogP contribution in [0.2, 0.25) is 5.02 Å². The predicted octanol–water partition coefficient (Wildman–Crippen LogP) is 4.91. The van der Waals surface area contributed by atoms with E-state index >= 15 is 0 Å². The van der Waals surface area contributed by atoms with E-state index in [0.29, 0.717) is 5.02 Å². The predicted molar refractivity (Wildman–Crippen MR) is 67.4 cm³/mol. The normalized spacial score (nSPS) is 10.5. The number of hydrogen-bond acceptors (Lipinski definition) is 1. The van der Waals surface area contributed by atoms with Gasteiger partial charge >= 0.3 is 0 Å². The van der Waals surface area contributed by atoms with Gasteiger partial charge in [-0.1, -0.05) is 23.7 Å². The van der Waals surface area contributed by atoms with Gasteiger partial charge in [0.2, 0.25) is 0 Å². The first-order chi connectivity index (χ1) is 8.16. The first-order valence-corrected chi connectivity index (χ1v) is 6.34. The molecule has 2 rings (SSSR count). The maximum Gasteiger partial charge on any atom is 0.130 e. The van der Waals surface area contributed by atoms with Crippen molar-refractivity contribution in [1.29, 1.82) is 0 Å². The molecule has 2 aromatic rings. The van der Waals surface area contributed by atoms with Gasteiger partial charge in [0.05, 0.1) is 0 Å². The minimum absolute atomic E-state index is 0.0949. The molecule has 0 fully saturated rings. The lowest BCUT2D eigenvalue weighted by Gasteiger charge is -2.05. The molecule has 0 heterocycles. The zero-order valence-corrected chi connectivity index (χ0v) is 10.4. The van der Waals surface area contributed by atoms with Crippen molar-refractivity contribution in [2.75, 3.05) is 0 Å². The van der Waals surface area contributed by atoms with Gasteiger partial charge in [0.15, 0.2) is 0 Å². The summed E-state index contributed by atoms with van der Waals surface area (Å²) in [5.41, 5.74) is 0.0949. The van der Waals surface area contributed by atoms with Crippen molar-refractivity contribution in [2.45, 2.75) is 10.6 Å². The molecule has 0 N–H and O–H groups in total. The van der Waals surface area contributed by atoms with Crippen LogP contribution in [0, 0.1) is 11.6 Å². The van der Waals surface area contributed by atoms with Crippen molar-refractivity contribution in [3.63, 3.8) is 0 Å². The number of halogens is 3. The fraction of sp³-hybridized carbons (Fsp3) is 0.0769. The number of hydrogen-bond donors (Lipinski definition) is 0. The first-order valence-electron chi connectivity index (χ1n) is 4.98. The van der Waals surface area contributed by atoms with Crippen LogP contribution in [0.15, 0.2) is 47.4 Å². The summed E-state index contributed by atoms with van der Waals surface area (Å²) in [5, 5.41) is 0.615. The van der Waals surface area contributed by atoms with E-state index in [4.69, 9.17) is 11.6 Å². The monoisotopic (exact) mass is 270 g/mol. The largest absolute Gasteiger partial charge is 0.207 e. The van der Waals surface area contributed by atoms with E-state index in [1.165, 1.54) is 30.0 Å². The van der Waals surface area contributed by atoms with Gasteiger partial charge in [-0.15, -0.1) is 11.8 Å². The second-order valence-corrected chi connectivity index (χ2v) is 4.93. The molecule has 0 bridgehead atoms. The van der Waals surface area contributed by atoms with Crippen molar-refractivity contribution in [3.8, 4) is 0 Å². The van der Waals surface area contributed by atoms with Gasteiger partial charge in [-0.25, -0.2) is 8.78 Å². The molecule has 0 atom stereocenters. The first kappa shape index (κ1) is 12.4. The minimum atomic E-state index is -0.514. The van der Waals surface area contributed by atoms with E-state index in [-0.39, 0.29) is 11.3 Å². The lowest BCUT2D eigenvalue weighted by molar-refractivity contribution is 0.566. The summed E-state index contributed by atoms with van der Waals surface area (Å²) in [6.07, 6.45) is 0. The molecule has 0 radical (unpaired) electrons. The summed E-state index contributed by atoms with van der Waals surface area (Å²) < 4.78 is 26.7. The topological polar surface area (TPSA) is 0 Å². The van der Waals surface area contributed by atoms with Gasteiger partial charge in [0, 0.05) is 21.2 Å². The van der Waals surface area contributed by atoms with Gasteiger partial charge in [-0.05, 0) is 30.3 Å². The second kappa shape index (κ2) is 5.52. The Morgan fingerprint density at radius 1 is 1.00 bits per heavy atom. The Morgan fingerprint density at radius 2 is 1.65 bits per heavy atom. The highest BCUT2D eigenvalue weighted by atomic mass is 35.5. The molecule has 0 aliphatic heterocycles. The molecule has 0 nitrogen and oxygen atoms in total. The smallest absolute Gasteiger partial charge is 0.130 e. The lowest BCUT2D eigenvalue weighted by Crippen LogP contribution is -1.92. The lowest BCUT2D eigenvalue weighted by atomic mass is 10.2. The van der Waals surface area contributed by atoms with Crippen molar-refractivity contribution >= 4 is 23.4 Å². The fourth-order valence-electron chi connectivity index (χ4n) is 1.38. The van der Waals surface area contributed by atoms with E-state index in [9.17, 15) is 8.78 Å². The number of thioether (sulfide) groups is 1. The molecule has 0 unspecified atom stereocenters. The molecule has 0 amide bonds. The molecular weight excluding hydrogens is 262 g/mol. The van der Waals surface area contributed by atoms with Crippen LogP contribution in [-0.4, -0.2) is 0 Å². The zero-order chi connectivity index (χ0) is 12.3. The highest BCUT2D eigenvalue weighted by molar-refractivity contribution is 7.98. The van der Waals surface area contributed by atoms with Crippen LogP contribution in [-0.2, 0) is 5.75 Å². The van der Waals surface area contributed by atoms with Crippen molar-refractivity contribution in [3.05, 3.63) is 64.7 Å². The summed E-state index contributed by atoms with van der Waals surface area (Å²) in [5.74, 6) is -0.780. The average molecular weight is 271 g/mol. The van der Waals surface area contributed by atoms with Crippen LogP contribution in [0.4, 0.5) is 8.78 Å². The van der Waals surface area contributed by atoms with E-state index in [0.717, 1.165) is 4.90 Å². The van der Waals surface area contributed by atoms with Gasteiger partial charge in [-0.3, -0.25) is 0 Å². The van der Waals surface area contributed by atoms with Gasteiger partial charge in [0.1, 0.15) is 11.6 Å². The zero-order valence-electron chi connectivity index (χ0n) is 8.79. The van der Waals surface area contributed by atoms with Crippen LogP contribution in [0.25, 0.3) is 0 Å². The standard InChI is InChI=1S/C13H9ClF2S/c14-9-3-1-4-10(7-9)17-8-11-12(15)5-2-6-13(11)16/h1-7H,8H2. The van der Waals surface area contributed by atoms with E-state index in [1.54, 1.807) is 12.1 Å². The van der Waals surface area contributed by atoms with E-state index in [2.05, 4.69) is 0 Å². The second-order valence-electron chi connectivity index (χ2n) is 3.45. The Bertz CT molecular complexity index is 508. The number of benzene rings is 2. The third-order valence-electron chi connectivity index (χ3n) is 2.24. The molecule has 0 saturated carbocycles. The van der Waals surface area contributed by atoms with Crippen LogP contribution in [0.5, 0.6) is 0 Å². The van der Waals surface area contributed by atoms with Gasteiger partial charge in [-0.2, -0.15) is 0 Å². The van der Waals surface area contributed by atoms with Crippen molar-refractivity contribution < 1.29 is 8.78 Å². The maximum absolute atomic E-state index is 13.4. The molecule has 0 spiro atoms. The van der Waals surface area contributed by atoms with Gasteiger partial charge in [0.25, 0.3) is 0 Å². The highest BCUT2D eigenvalue weighted by Gasteiger charge is 2.08. The van der Waals surface area contributed by atoms with Crippen molar-refractivity contribution in [2.24, 2.45) is 0 Å². The van der Waals surface area contributed by atoms with E-state index in [1.807, 2.05) is 12.1 Å². The molecule has 0 aromatic heterocycles. The summed E-state index contributed by atoms with van der Waals surface area (Å²) in [6.45, 7) is 0. The molecule has 0 aliphatic rings.